The molecule has 0 radical (unpaired) electrons. The van der Waals surface area contributed by atoms with Crippen molar-refractivity contribution < 1.29 is 0 Å². The molecule has 0 heteroatoms. The number of benzene rings is 3. The van der Waals surface area contributed by atoms with Crippen LogP contribution in [-0.4, -0.2) is 0 Å². The molecule has 23 heavy (non-hydrogen) atoms. The maximum Gasteiger partial charge on any atom is -0.000729 e. The fraction of sp³-hybridized carbons (Fsp3) is 0.217. The topological polar surface area (TPSA) is 0 Å². The van der Waals surface area contributed by atoms with Crippen LogP contribution in [0.25, 0.3) is 22.3 Å². The standard InChI is InChI=1S/C23H22/c1-3-16-12-17(4-2)14-19(13-16)21-10-7-11-22-20-9-6-5-8-18(20)15-23(21)22/h5-14H,3-4,15H2,1-2H3. The molecule has 0 nitrogen and oxygen atoms in total. The molecule has 0 heterocycles. The Kier molecular flexibility index (Phi) is 3.53. The van der Waals surface area contributed by atoms with Gasteiger partial charge in [0, 0.05) is 0 Å². The quantitative estimate of drug-likeness (QED) is 0.432. The number of rotatable bonds is 3. The van der Waals surface area contributed by atoms with E-state index >= 15 is 0 Å². The molecule has 0 atom stereocenters. The van der Waals surface area contributed by atoms with Crippen LogP contribution < -0.4 is 0 Å². The maximum absolute atomic E-state index is 2.37. The van der Waals surface area contributed by atoms with Gasteiger partial charge in [0.1, 0.15) is 0 Å². The predicted molar refractivity (Wildman–Crippen MR) is 98.9 cm³/mol. The van der Waals surface area contributed by atoms with Crippen molar-refractivity contribution in [2.45, 2.75) is 33.1 Å². The molecular formula is C23H22. The largest absolute Gasteiger partial charge is 0.0619 e. The van der Waals surface area contributed by atoms with Gasteiger partial charge in [0.2, 0.25) is 0 Å². The Hall–Kier alpha value is -2.34. The number of hydrogen-bond acceptors (Lipinski definition) is 0. The molecule has 0 N–H and O–H groups in total. The van der Waals surface area contributed by atoms with Crippen molar-refractivity contribution in [3.8, 4) is 22.3 Å². The number of hydrogen-bond donors (Lipinski definition) is 0. The van der Waals surface area contributed by atoms with Crippen LogP contribution in [0.2, 0.25) is 0 Å². The minimum absolute atomic E-state index is 1.06. The summed E-state index contributed by atoms with van der Waals surface area (Å²) < 4.78 is 0. The molecule has 0 saturated heterocycles. The first-order chi connectivity index (χ1) is 11.3. The van der Waals surface area contributed by atoms with Gasteiger partial charge in [-0.2, -0.15) is 0 Å². The van der Waals surface area contributed by atoms with Crippen molar-refractivity contribution in [1.29, 1.82) is 0 Å². The summed E-state index contributed by atoms with van der Waals surface area (Å²) in [4.78, 5) is 0. The van der Waals surface area contributed by atoms with Gasteiger partial charge in [-0.3, -0.25) is 0 Å². The molecular weight excluding hydrogens is 276 g/mol. The molecule has 0 unspecified atom stereocenters. The summed E-state index contributed by atoms with van der Waals surface area (Å²) in [6.07, 6.45) is 3.24. The molecule has 114 valence electrons. The van der Waals surface area contributed by atoms with Gasteiger partial charge in [0.25, 0.3) is 0 Å². The zero-order valence-electron chi connectivity index (χ0n) is 13.9. The Morgan fingerprint density at radius 3 is 2.09 bits per heavy atom. The SMILES string of the molecule is CCc1cc(CC)cc(-c2cccc3c2Cc2ccccc2-3)c1. The highest BCUT2D eigenvalue weighted by Gasteiger charge is 2.21. The van der Waals surface area contributed by atoms with E-state index in [4.69, 9.17) is 0 Å². The van der Waals surface area contributed by atoms with Crippen LogP contribution in [0.1, 0.15) is 36.1 Å². The van der Waals surface area contributed by atoms with E-state index in [0.717, 1.165) is 19.3 Å². The molecule has 3 aromatic rings. The number of aryl methyl sites for hydroxylation is 2. The number of fused-ring (bicyclic) bond motifs is 3. The maximum atomic E-state index is 2.37. The van der Waals surface area contributed by atoms with Gasteiger partial charge in [0.05, 0.1) is 0 Å². The second kappa shape index (κ2) is 5.70. The van der Waals surface area contributed by atoms with Crippen LogP contribution in [0.3, 0.4) is 0 Å². The third-order valence-electron chi connectivity index (χ3n) is 5.03. The van der Waals surface area contributed by atoms with Gasteiger partial charge < -0.3 is 0 Å². The fourth-order valence-corrected chi connectivity index (χ4v) is 3.75. The lowest BCUT2D eigenvalue weighted by Crippen LogP contribution is -1.92. The van der Waals surface area contributed by atoms with Crippen LogP contribution in [-0.2, 0) is 19.3 Å². The van der Waals surface area contributed by atoms with E-state index in [-0.39, 0.29) is 0 Å². The van der Waals surface area contributed by atoms with Gasteiger partial charge in [-0.1, -0.05) is 74.5 Å². The minimum Gasteiger partial charge on any atom is -0.0619 e. The first-order valence-corrected chi connectivity index (χ1v) is 8.63. The van der Waals surface area contributed by atoms with Crippen LogP contribution in [0, 0.1) is 0 Å². The summed E-state index contributed by atoms with van der Waals surface area (Å²) in [6.45, 7) is 4.48. The van der Waals surface area contributed by atoms with Crippen molar-refractivity contribution in [2.24, 2.45) is 0 Å². The van der Waals surface area contributed by atoms with Crippen molar-refractivity contribution in [3.63, 3.8) is 0 Å². The zero-order valence-corrected chi connectivity index (χ0v) is 13.9. The molecule has 1 aliphatic carbocycles. The second-order valence-corrected chi connectivity index (χ2v) is 6.41. The van der Waals surface area contributed by atoms with Crippen molar-refractivity contribution in [1.82, 2.24) is 0 Å². The van der Waals surface area contributed by atoms with Crippen LogP contribution >= 0.6 is 0 Å². The molecule has 0 spiro atoms. The van der Waals surface area contributed by atoms with Crippen LogP contribution in [0.4, 0.5) is 0 Å². The average Bonchev–Trinajstić information content (AvgIpc) is 3.00. The van der Waals surface area contributed by atoms with Gasteiger partial charge in [-0.15, -0.1) is 0 Å². The van der Waals surface area contributed by atoms with E-state index in [9.17, 15) is 0 Å². The summed E-state index contributed by atoms with van der Waals surface area (Å²) in [6, 6.07) is 22.7. The molecule has 0 saturated carbocycles. The molecule has 0 fully saturated rings. The monoisotopic (exact) mass is 298 g/mol. The van der Waals surface area contributed by atoms with E-state index < -0.39 is 0 Å². The Morgan fingerprint density at radius 2 is 1.35 bits per heavy atom. The van der Waals surface area contributed by atoms with E-state index in [1.54, 1.807) is 0 Å². The van der Waals surface area contributed by atoms with E-state index in [0.29, 0.717) is 0 Å². The Labute approximate surface area is 138 Å². The zero-order chi connectivity index (χ0) is 15.8. The van der Waals surface area contributed by atoms with E-state index in [1.165, 1.54) is 44.5 Å². The molecule has 0 bridgehead atoms. The summed E-state index contributed by atoms with van der Waals surface area (Å²) in [7, 11) is 0. The lowest BCUT2D eigenvalue weighted by molar-refractivity contribution is 1.09. The van der Waals surface area contributed by atoms with E-state index in [1.807, 2.05) is 0 Å². The van der Waals surface area contributed by atoms with Gasteiger partial charge in [0.15, 0.2) is 0 Å². The summed E-state index contributed by atoms with van der Waals surface area (Å²) in [5.74, 6) is 0. The van der Waals surface area contributed by atoms with Crippen LogP contribution in [0.5, 0.6) is 0 Å². The highest BCUT2D eigenvalue weighted by molar-refractivity contribution is 5.85. The first kappa shape index (κ1) is 14.3. The molecule has 0 amide bonds. The summed E-state index contributed by atoms with van der Waals surface area (Å²) in [5.41, 5.74) is 11.4. The van der Waals surface area contributed by atoms with Crippen molar-refractivity contribution in [2.75, 3.05) is 0 Å². The first-order valence-electron chi connectivity index (χ1n) is 8.63. The smallest absolute Gasteiger partial charge is 0.000729 e. The van der Waals surface area contributed by atoms with Gasteiger partial charge in [-0.25, -0.2) is 0 Å². The lowest BCUT2D eigenvalue weighted by atomic mass is 9.92. The highest BCUT2D eigenvalue weighted by atomic mass is 14.2. The average molecular weight is 298 g/mol. The Bertz CT molecular complexity index is 849. The summed E-state index contributed by atoms with van der Waals surface area (Å²) >= 11 is 0. The Balaban J connectivity index is 1.90. The third kappa shape index (κ3) is 2.39. The highest BCUT2D eigenvalue weighted by Crippen LogP contribution is 2.41. The van der Waals surface area contributed by atoms with Crippen LogP contribution in [0.15, 0.2) is 60.7 Å². The molecule has 0 aromatic heterocycles. The van der Waals surface area contributed by atoms with Gasteiger partial charge >= 0.3 is 0 Å². The second-order valence-electron chi connectivity index (χ2n) is 6.41. The van der Waals surface area contributed by atoms with Crippen molar-refractivity contribution in [3.05, 3.63) is 82.9 Å². The molecule has 3 aromatic carbocycles. The van der Waals surface area contributed by atoms with Gasteiger partial charge in [-0.05, 0) is 63.8 Å². The molecule has 4 rings (SSSR count). The summed E-state index contributed by atoms with van der Waals surface area (Å²) in [5, 5.41) is 0. The Morgan fingerprint density at radius 1 is 0.696 bits per heavy atom. The lowest BCUT2D eigenvalue weighted by Gasteiger charge is -2.12. The minimum atomic E-state index is 1.06. The normalized spacial score (nSPS) is 12.1. The molecule has 0 aliphatic heterocycles. The predicted octanol–water partition coefficient (Wildman–Crippen LogP) is 6.05. The third-order valence-corrected chi connectivity index (χ3v) is 5.03. The fourth-order valence-electron chi connectivity index (χ4n) is 3.75. The molecule has 1 aliphatic rings. The van der Waals surface area contributed by atoms with E-state index in [2.05, 4.69) is 74.5 Å². The van der Waals surface area contributed by atoms with Crippen molar-refractivity contribution >= 4 is 0 Å².